The summed E-state index contributed by atoms with van der Waals surface area (Å²) in [7, 11) is 2.77. The van der Waals surface area contributed by atoms with E-state index in [1.54, 1.807) is 54.6 Å². The van der Waals surface area contributed by atoms with Gasteiger partial charge in [-0.2, -0.15) is 9.78 Å². The summed E-state index contributed by atoms with van der Waals surface area (Å²) in [5.41, 5.74) is 4.37. The number of hydrogen-bond donors (Lipinski definition) is 3. The zero-order valence-electron chi connectivity index (χ0n) is 24.7. The van der Waals surface area contributed by atoms with Crippen LogP contribution >= 0.6 is 11.6 Å². The van der Waals surface area contributed by atoms with Gasteiger partial charge in [0.25, 0.3) is 5.91 Å². The second-order valence-corrected chi connectivity index (χ2v) is 10.3. The molecular formula is C32H28ClN9O4. The van der Waals surface area contributed by atoms with Crippen molar-refractivity contribution < 1.29 is 19.1 Å². The topological polar surface area (TPSA) is 166 Å². The fourth-order valence-corrected chi connectivity index (χ4v) is 4.77. The average molecular weight is 638 g/mol. The van der Waals surface area contributed by atoms with Crippen LogP contribution in [-0.4, -0.2) is 62.5 Å². The first-order valence-corrected chi connectivity index (χ1v) is 14.3. The van der Waals surface area contributed by atoms with Crippen LogP contribution in [0, 0.1) is 0 Å². The Kier molecular flexibility index (Phi) is 10.0. The summed E-state index contributed by atoms with van der Waals surface area (Å²) in [6.45, 7) is 0. The van der Waals surface area contributed by atoms with Crippen molar-refractivity contribution in [1.82, 2.24) is 41.0 Å². The summed E-state index contributed by atoms with van der Waals surface area (Å²) < 4.78 is 6.12. The number of nitrogens with one attached hydrogen (secondary N) is 3. The van der Waals surface area contributed by atoms with Crippen molar-refractivity contribution >= 4 is 41.3 Å². The third-order valence-corrected chi connectivity index (χ3v) is 7.07. The lowest BCUT2D eigenvalue weighted by molar-refractivity contribution is -0.117. The van der Waals surface area contributed by atoms with Gasteiger partial charge >= 0.3 is 6.09 Å². The van der Waals surface area contributed by atoms with E-state index in [1.165, 1.54) is 31.2 Å². The van der Waals surface area contributed by atoms with Crippen LogP contribution in [0.2, 0.25) is 5.02 Å². The van der Waals surface area contributed by atoms with Gasteiger partial charge in [-0.05, 0) is 70.4 Å². The molecule has 14 heteroatoms. The Morgan fingerprint density at radius 1 is 1.00 bits per heavy atom. The molecule has 0 aliphatic heterocycles. The van der Waals surface area contributed by atoms with Gasteiger partial charge in [-0.25, -0.2) is 4.79 Å². The van der Waals surface area contributed by atoms with Gasteiger partial charge in [0, 0.05) is 35.0 Å². The number of tetrazole rings is 1. The molecule has 1 atom stereocenters. The van der Waals surface area contributed by atoms with E-state index in [9.17, 15) is 14.4 Å². The number of aromatic nitrogens is 6. The molecule has 3 aromatic carbocycles. The first kappa shape index (κ1) is 31.5. The third kappa shape index (κ3) is 7.76. The van der Waals surface area contributed by atoms with E-state index in [0.29, 0.717) is 45.2 Å². The molecular weight excluding hydrogens is 610 g/mol. The van der Waals surface area contributed by atoms with Gasteiger partial charge in [0.1, 0.15) is 6.33 Å². The molecule has 0 spiro atoms. The minimum atomic E-state index is -0.622. The first-order chi connectivity index (χ1) is 22.3. The molecule has 0 fully saturated rings. The van der Waals surface area contributed by atoms with Crippen molar-refractivity contribution in [2.24, 2.45) is 0 Å². The molecule has 2 heterocycles. The van der Waals surface area contributed by atoms with E-state index in [1.807, 2.05) is 30.3 Å². The number of rotatable bonds is 10. The molecule has 2 aromatic heterocycles. The Balaban J connectivity index is 1.48. The van der Waals surface area contributed by atoms with Gasteiger partial charge in [-0.3, -0.25) is 14.9 Å². The van der Waals surface area contributed by atoms with Gasteiger partial charge in [-0.15, -0.1) is 10.2 Å². The summed E-state index contributed by atoms with van der Waals surface area (Å²) in [5.74, 6) is -0.835. The minimum Gasteiger partial charge on any atom is -0.453 e. The van der Waals surface area contributed by atoms with Crippen LogP contribution in [0.3, 0.4) is 0 Å². The monoisotopic (exact) mass is 637 g/mol. The summed E-state index contributed by atoms with van der Waals surface area (Å²) in [6.07, 6.45) is 4.23. The Labute approximate surface area is 268 Å². The largest absolute Gasteiger partial charge is 0.453 e. The number of carbonyl (C=O) groups is 3. The van der Waals surface area contributed by atoms with Crippen LogP contribution in [0.4, 0.5) is 10.5 Å². The van der Waals surface area contributed by atoms with Crippen molar-refractivity contribution in [3.05, 3.63) is 119 Å². The smallest absolute Gasteiger partial charge is 0.411 e. The van der Waals surface area contributed by atoms with Gasteiger partial charge < -0.3 is 15.4 Å². The molecule has 5 aromatic rings. The number of benzene rings is 3. The van der Waals surface area contributed by atoms with Gasteiger partial charge in [-0.1, -0.05) is 54.1 Å². The van der Waals surface area contributed by atoms with Crippen LogP contribution in [0.1, 0.15) is 33.4 Å². The summed E-state index contributed by atoms with van der Waals surface area (Å²) in [5, 5.41) is 28.6. The van der Waals surface area contributed by atoms with Crippen LogP contribution in [-0.2, 0) is 16.0 Å². The lowest BCUT2D eigenvalue weighted by Crippen LogP contribution is -2.30. The average Bonchev–Trinajstić information content (AvgIpc) is 3.62. The molecule has 46 heavy (non-hydrogen) atoms. The Hall–Kier alpha value is -5.95. The molecule has 0 aliphatic rings. The number of amides is 3. The zero-order valence-corrected chi connectivity index (χ0v) is 25.5. The zero-order chi connectivity index (χ0) is 32.5. The molecule has 3 N–H and O–H groups in total. The number of nitrogens with zero attached hydrogens (tertiary/aromatic N) is 6. The highest BCUT2D eigenvalue weighted by Gasteiger charge is 2.22. The number of anilines is 1. The fraction of sp³-hybridized carbons (Fsp3) is 0.125. The standard InChI is InChI=1S/C32H28ClN9O4/c1-34-31(44)30-25(21-8-12-24(13-9-21)36-32(45)46-2)18-27(38-39-30)26(16-20-6-4-3-5-7-20)37-29(43)15-10-22-17-23(33)11-14-28(22)42-19-35-40-41-42/h3-15,17-19,26H,16H2,1-2H3,(H,34,44)(H,36,45)(H,37,43). The second kappa shape index (κ2) is 14.7. The van der Waals surface area contributed by atoms with Gasteiger partial charge in [0.15, 0.2) is 5.69 Å². The SMILES string of the molecule is CNC(=O)c1nnc(C(Cc2ccccc2)NC(=O)C=Cc2cc(Cl)ccc2-n2cnnn2)cc1-c1ccc(NC(=O)OC)cc1. The molecule has 5 rings (SSSR count). The fourth-order valence-electron chi connectivity index (χ4n) is 4.59. The normalized spacial score (nSPS) is 11.5. The van der Waals surface area contributed by atoms with Crippen LogP contribution < -0.4 is 16.0 Å². The molecule has 0 aliphatic carbocycles. The van der Waals surface area contributed by atoms with Crippen LogP contribution in [0.15, 0.2) is 91.3 Å². The molecule has 0 saturated carbocycles. The van der Waals surface area contributed by atoms with Crippen molar-refractivity contribution in [1.29, 1.82) is 0 Å². The first-order valence-electron chi connectivity index (χ1n) is 13.9. The van der Waals surface area contributed by atoms with Gasteiger partial charge in [0.05, 0.1) is 24.5 Å². The highest BCUT2D eigenvalue weighted by atomic mass is 35.5. The van der Waals surface area contributed by atoms with Crippen molar-refractivity contribution in [3.63, 3.8) is 0 Å². The Morgan fingerprint density at radius 2 is 1.78 bits per heavy atom. The van der Waals surface area contributed by atoms with E-state index in [0.717, 1.165) is 5.56 Å². The number of hydrogen-bond acceptors (Lipinski definition) is 9. The molecule has 0 radical (unpaired) electrons. The second-order valence-electron chi connectivity index (χ2n) is 9.85. The van der Waals surface area contributed by atoms with Gasteiger partial charge in [0.2, 0.25) is 5.91 Å². The quantitative estimate of drug-likeness (QED) is 0.188. The summed E-state index contributed by atoms with van der Waals surface area (Å²) in [6, 6.07) is 22.7. The van der Waals surface area contributed by atoms with Crippen molar-refractivity contribution in [2.45, 2.75) is 12.5 Å². The number of ether oxygens (including phenoxy) is 1. The molecule has 13 nitrogen and oxygen atoms in total. The molecule has 1 unspecified atom stereocenters. The number of halogens is 1. The maximum atomic E-state index is 13.4. The van der Waals surface area contributed by atoms with Crippen LogP contribution in [0.5, 0.6) is 0 Å². The molecule has 0 saturated heterocycles. The van der Waals surface area contributed by atoms with Crippen molar-refractivity contribution in [2.75, 3.05) is 19.5 Å². The lowest BCUT2D eigenvalue weighted by atomic mass is 9.98. The van der Waals surface area contributed by atoms with E-state index in [4.69, 9.17) is 11.6 Å². The minimum absolute atomic E-state index is 0.0979. The Bertz CT molecular complexity index is 1870. The predicted octanol–water partition coefficient (Wildman–Crippen LogP) is 4.42. The van der Waals surface area contributed by atoms with E-state index in [-0.39, 0.29) is 5.69 Å². The number of methoxy groups -OCH3 is 1. The highest BCUT2D eigenvalue weighted by Crippen LogP contribution is 2.28. The molecule has 232 valence electrons. The summed E-state index contributed by atoms with van der Waals surface area (Å²) >= 11 is 6.23. The van der Waals surface area contributed by atoms with E-state index in [2.05, 4.69) is 46.4 Å². The Morgan fingerprint density at radius 3 is 2.48 bits per heavy atom. The third-order valence-electron chi connectivity index (χ3n) is 6.84. The van der Waals surface area contributed by atoms with Crippen LogP contribution in [0.25, 0.3) is 22.9 Å². The molecule has 0 bridgehead atoms. The highest BCUT2D eigenvalue weighted by molar-refractivity contribution is 6.30. The predicted molar refractivity (Wildman–Crippen MR) is 171 cm³/mol. The van der Waals surface area contributed by atoms with Crippen molar-refractivity contribution in [3.8, 4) is 16.8 Å². The number of carbonyl (C=O) groups excluding carboxylic acids is 3. The summed E-state index contributed by atoms with van der Waals surface area (Å²) in [4.78, 5) is 37.8. The molecule has 3 amide bonds. The maximum absolute atomic E-state index is 13.4. The lowest BCUT2D eigenvalue weighted by Gasteiger charge is -2.19. The van der Waals surface area contributed by atoms with E-state index < -0.39 is 23.9 Å². The maximum Gasteiger partial charge on any atom is 0.411 e. The van der Waals surface area contributed by atoms with E-state index >= 15 is 0 Å².